The van der Waals surface area contributed by atoms with Gasteiger partial charge in [-0.2, -0.15) is 0 Å². The predicted octanol–water partition coefficient (Wildman–Crippen LogP) is 0.882. The minimum Gasteiger partial charge on any atom is -0.385 e. The van der Waals surface area contributed by atoms with Crippen molar-refractivity contribution in [2.24, 2.45) is 0 Å². The van der Waals surface area contributed by atoms with E-state index in [4.69, 9.17) is 4.74 Å². The van der Waals surface area contributed by atoms with Crippen molar-refractivity contribution in [3.05, 3.63) is 0 Å². The van der Waals surface area contributed by atoms with Gasteiger partial charge in [-0.25, -0.2) is 0 Å². The standard InChI is InChI=1S/C9H16BrNO3/c1-7(12)11-8(9(13)6-10)4-3-5-14-2/h8H,3-6H2,1-2H3,(H,11,12). The molecule has 0 heterocycles. The number of carbonyl (C=O) groups is 2. The molecule has 0 radical (unpaired) electrons. The second kappa shape index (κ2) is 7.94. The highest BCUT2D eigenvalue weighted by atomic mass is 79.9. The first kappa shape index (κ1) is 13.6. The highest BCUT2D eigenvalue weighted by Gasteiger charge is 2.17. The minimum atomic E-state index is -0.387. The molecule has 0 aliphatic rings. The molecular formula is C9H16BrNO3. The molecule has 0 aliphatic heterocycles. The van der Waals surface area contributed by atoms with Crippen molar-refractivity contribution in [2.45, 2.75) is 25.8 Å². The molecule has 1 amide bonds. The van der Waals surface area contributed by atoms with Crippen LogP contribution >= 0.6 is 15.9 Å². The molecule has 0 bridgehead atoms. The summed E-state index contributed by atoms with van der Waals surface area (Å²) < 4.78 is 4.87. The van der Waals surface area contributed by atoms with Gasteiger partial charge in [0.05, 0.1) is 11.4 Å². The molecule has 1 atom stereocenters. The van der Waals surface area contributed by atoms with Crippen molar-refractivity contribution < 1.29 is 14.3 Å². The van der Waals surface area contributed by atoms with E-state index >= 15 is 0 Å². The first-order valence-electron chi connectivity index (χ1n) is 4.46. The Morgan fingerprint density at radius 2 is 2.14 bits per heavy atom. The molecule has 0 fully saturated rings. The number of hydrogen-bond donors (Lipinski definition) is 1. The van der Waals surface area contributed by atoms with Crippen molar-refractivity contribution in [1.29, 1.82) is 0 Å². The van der Waals surface area contributed by atoms with Crippen LogP contribution in [-0.4, -0.2) is 36.8 Å². The summed E-state index contributed by atoms with van der Waals surface area (Å²) >= 11 is 3.08. The fraction of sp³-hybridized carbons (Fsp3) is 0.778. The number of amides is 1. The Bertz CT molecular complexity index is 196. The maximum atomic E-state index is 11.3. The molecule has 0 aliphatic carbocycles. The quantitative estimate of drug-likeness (QED) is 0.549. The van der Waals surface area contributed by atoms with Crippen molar-refractivity contribution in [1.82, 2.24) is 5.32 Å². The number of rotatable bonds is 7. The van der Waals surface area contributed by atoms with Crippen LogP contribution in [0.1, 0.15) is 19.8 Å². The van der Waals surface area contributed by atoms with Gasteiger partial charge in [-0.3, -0.25) is 9.59 Å². The Kier molecular flexibility index (Phi) is 7.70. The predicted molar refractivity (Wildman–Crippen MR) is 57.5 cm³/mol. The van der Waals surface area contributed by atoms with Crippen molar-refractivity contribution in [3.8, 4) is 0 Å². The fourth-order valence-electron chi connectivity index (χ4n) is 1.08. The van der Waals surface area contributed by atoms with E-state index in [2.05, 4.69) is 21.2 Å². The normalized spacial score (nSPS) is 12.2. The van der Waals surface area contributed by atoms with Crippen LogP contribution in [0.3, 0.4) is 0 Å². The molecular weight excluding hydrogens is 250 g/mol. The smallest absolute Gasteiger partial charge is 0.217 e. The lowest BCUT2D eigenvalue weighted by molar-refractivity contribution is -0.125. The third-order valence-electron chi connectivity index (χ3n) is 1.74. The molecule has 82 valence electrons. The summed E-state index contributed by atoms with van der Waals surface area (Å²) in [5, 5.41) is 2.88. The van der Waals surface area contributed by atoms with E-state index in [1.54, 1.807) is 7.11 Å². The van der Waals surface area contributed by atoms with Crippen LogP contribution in [0.4, 0.5) is 0 Å². The zero-order valence-corrected chi connectivity index (χ0v) is 10.1. The number of hydrogen-bond acceptors (Lipinski definition) is 3. The molecule has 0 aromatic rings. The van der Waals surface area contributed by atoms with E-state index in [-0.39, 0.29) is 23.1 Å². The number of nitrogens with one attached hydrogen (secondary N) is 1. The molecule has 14 heavy (non-hydrogen) atoms. The average molecular weight is 266 g/mol. The van der Waals surface area contributed by atoms with Crippen molar-refractivity contribution in [3.63, 3.8) is 0 Å². The van der Waals surface area contributed by atoms with Crippen LogP contribution in [0.5, 0.6) is 0 Å². The third kappa shape index (κ3) is 6.10. The Labute approximate surface area is 92.5 Å². The van der Waals surface area contributed by atoms with E-state index < -0.39 is 0 Å². The third-order valence-corrected chi connectivity index (χ3v) is 2.29. The van der Waals surface area contributed by atoms with E-state index in [0.717, 1.165) is 6.42 Å². The van der Waals surface area contributed by atoms with Crippen LogP contribution in [0.2, 0.25) is 0 Å². The van der Waals surface area contributed by atoms with Crippen LogP contribution in [-0.2, 0) is 14.3 Å². The summed E-state index contributed by atoms with van der Waals surface area (Å²) in [7, 11) is 1.61. The van der Waals surface area contributed by atoms with Crippen molar-refractivity contribution in [2.75, 3.05) is 19.0 Å². The topological polar surface area (TPSA) is 55.4 Å². The van der Waals surface area contributed by atoms with Crippen molar-refractivity contribution >= 4 is 27.6 Å². The van der Waals surface area contributed by atoms with Crippen LogP contribution in [0.15, 0.2) is 0 Å². The number of carbonyl (C=O) groups excluding carboxylic acids is 2. The zero-order valence-electron chi connectivity index (χ0n) is 8.51. The Morgan fingerprint density at radius 1 is 1.50 bits per heavy atom. The molecule has 1 N–H and O–H groups in total. The maximum absolute atomic E-state index is 11.3. The molecule has 0 aromatic carbocycles. The SMILES string of the molecule is COCCCC(NC(C)=O)C(=O)CBr. The van der Waals surface area contributed by atoms with E-state index in [1.807, 2.05) is 0 Å². The monoisotopic (exact) mass is 265 g/mol. The number of methoxy groups -OCH3 is 1. The van der Waals surface area contributed by atoms with Gasteiger partial charge < -0.3 is 10.1 Å². The number of alkyl halides is 1. The largest absolute Gasteiger partial charge is 0.385 e. The second-order valence-corrected chi connectivity index (χ2v) is 3.55. The van der Waals surface area contributed by atoms with Gasteiger partial charge in [-0.05, 0) is 12.8 Å². The first-order valence-corrected chi connectivity index (χ1v) is 5.58. The lowest BCUT2D eigenvalue weighted by Gasteiger charge is -2.14. The van der Waals surface area contributed by atoms with E-state index in [9.17, 15) is 9.59 Å². The summed E-state index contributed by atoms with van der Waals surface area (Å²) in [6, 6.07) is -0.387. The molecule has 0 spiro atoms. The zero-order chi connectivity index (χ0) is 11.0. The Hall–Kier alpha value is -0.420. The van der Waals surface area contributed by atoms with Crippen LogP contribution < -0.4 is 5.32 Å². The average Bonchev–Trinajstić information content (AvgIpc) is 2.15. The fourth-order valence-corrected chi connectivity index (χ4v) is 1.47. The summed E-state index contributed by atoms with van der Waals surface area (Å²) in [6.07, 6.45) is 1.39. The lowest BCUT2D eigenvalue weighted by atomic mass is 10.1. The minimum absolute atomic E-state index is 0.00342. The van der Waals surface area contributed by atoms with E-state index in [1.165, 1.54) is 6.92 Å². The van der Waals surface area contributed by atoms with Gasteiger partial charge in [0.15, 0.2) is 5.78 Å². The van der Waals surface area contributed by atoms with Gasteiger partial charge in [0.1, 0.15) is 0 Å². The van der Waals surface area contributed by atoms with Crippen LogP contribution in [0, 0.1) is 0 Å². The Balaban J connectivity index is 3.97. The summed E-state index contributed by atoms with van der Waals surface area (Å²) in [6.45, 7) is 2.01. The molecule has 0 rings (SSSR count). The molecule has 0 saturated heterocycles. The summed E-state index contributed by atoms with van der Waals surface area (Å²) in [5.74, 6) is -0.182. The highest BCUT2D eigenvalue weighted by Crippen LogP contribution is 2.01. The first-order chi connectivity index (χ1) is 6.61. The molecule has 5 heteroatoms. The number of ketones is 1. The van der Waals surface area contributed by atoms with Gasteiger partial charge >= 0.3 is 0 Å². The van der Waals surface area contributed by atoms with Gasteiger partial charge in [-0.1, -0.05) is 15.9 Å². The Morgan fingerprint density at radius 3 is 2.57 bits per heavy atom. The van der Waals surface area contributed by atoms with E-state index in [0.29, 0.717) is 13.0 Å². The summed E-state index contributed by atoms with van der Waals surface area (Å²) in [5.41, 5.74) is 0. The number of halogens is 1. The van der Waals surface area contributed by atoms with Gasteiger partial charge in [0, 0.05) is 20.6 Å². The number of ether oxygens (including phenoxy) is 1. The summed E-state index contributed by atoms with van der Waals surface area (Å²) in [4.78, 5) is 22.1. The maximum Gasteiger partial charge on any atom is 0.217 e. The van der Waals surface area contributed by atoms with Gasteiger partial charge in [-0.15, -0.1) is 0 Å². The van der Waals surface area contributed by atoms with Crippen LogP contribution in [0.25, 0.3) is 0 Å². The molecule has 4 nitrogen and oxygen atoms in total. The molecule has 0 saturated carbocycles. The second-order valence-electron chi connectivity index (χ2n) is 2.99. The number of Topliss-reactive ketones (excluding diaryl/α,β-unsaturated/α-hetero) is 1. The lowest BCUT2D eigenvalue weighted by Crippen LogP contribution is -2.40. The highest BCUT2D eigenvalue weighted by molar-refractivity contribution is 9.09. The van der Waals surface area contributed by atoms with Gasteiger partial charge in [0.25, 0.3) is 0 Å². The van der Waals surface area contributed by atoms with Gasteiger partial charge in [0.2, 0.25) is 5.91 Å². The molecule has 0 aromatic heterocycles. The molecule has 1 unspecified atom stereocenters.